The molecule has 0 bridgehead atoms. The van der Waals surface area contributed by atoms with E-state index in [-0.39, 0.29) is 18.3 Å². The van der Waals surface area contributed by atoms with Crippen molar-refractivity contribution in [3.8, 4) is 0 Å². The maximum absolute atomic E-state index is 6.16. The zero-order chi connectivity index (χ0) is 14.5. The van der Waals surface area contributed by atoms with Gasteiger partial charge in [0.1, 0.15) is 0 Å². The molecule has 0 aromatic heterocycles. The van der Waals surface area contributed by atoms with Gasteiger partial charge < -0.3 is 9.31 Å². The Bertz CT molecular complexity index is 292. The Hall–Kier alpha value is -0.275. The highest BCUT2D eigenvalue weighted by atomic mass is 16.7. The second-order valence-electron chi connectivity index (χ2n) is 6.61. The molecule has 0 unspecified atom stereocenters. The van der Waals surface area contributed by atoms with Crippen LogP contribution in [0.3, 0.4) is 0 Å². The molecule has 3 heteroatoms. The first-order chi connectivity index (χ1) is 8.84. The van der Waals surface area contributed by atoms with E-state index in [1.165, 1.54) is 31.2 Å². The van der Waals surface area contributed by atoms with Crippen molar-refractivity contribution in [1.82, 2.24) is 0 Å². The predicted molar refractivity (Wildman–Crippen MR) is 83.2 cm³/mol. The zero-order valence-corrected chi connectivity index (χ0v) is 13.7. The molecular formula is C16H31BO2. The molecule has 1 fully saturated rings. The van der Waals surface area contributed by atoms with Crippen LogP contribution in [0, 0.1) is 0 Å². The normalized spacial score (nSPS) is 22.0. The lowest BCUT2D eigenvalue weighted by atomic mass is 9.74. The average molecular weight is 266 g/mol. The molecule has 1 heterocycles. The third-order valence-electron chi connectivity index (χ3n) is 4.34. The van der Waals surface area contributed by atoms with E-state index in [0.717, 1.165) is 12.8 Å². The first kappa shape index (κ1) is 16.8. The van der Waals surface area contributed by atoms with E-state index in [0.29, 0.717) is 0 Å². The molecule has 2 nitrogen and oxygen atoms in total. The van der Waals surface area contributed by atoms with Crippen molar-refractivity contribution >= 4 is 7.12 Å². The van der Waals surface area contributed by atoms with Crippen molar-refractivity contribution in [2.45, 2.75) is 91.3 Å². The number of hydrogen-bond acceptors (Lipinski definition) is 2. The fourth-order valence-electron chi connectivity index (χ4n) is 2.18. The summed E-state index contributed by atoms with van der Waals surface area (Å²) in [6.07, 6.45) is 9.49. The van der Waals surface area contributed by atoms with Gasteiger partial charge in [-0.2, -0.15) is 0 Å². The second-order valence-corrected chi connectivity index (χ2v) is 6.61. The fourth-order valence-corrected chi connectivity index (χ4v) is 2.18. The van der Waals surface area contributed by atoms with Crippen molar-refractivity contribution < 1.29 is 9.31 Å². The Morgan fingerprint density at radius 3 is 1.95 bits per heavy atom. The summed E-state index contributed by atoms with van der Waals surface area (Å²) in [5.74, 6) is 0. The summed E-state index contributed by atoms with van der Waals surface area (Å²) in [6.45, 7) is 12.9. The maximum Gasteiger partial charge on any atom is 0.490 e. The SMILES string of the molecule is CCCC/C=C(\CCCC)B1OC(C)(C)C(C)(C)O1. The second kappa shape index (κ2) is 6.94. The van der Waals surface area contributed by atoms with Gasteiger partial charge in [-0.1, -0.05) is 45.6 Å². The monoisotopic (exact) mass is 266 g/mol. The van der Waals surface area contributed by atoms with Crippen molar-refractivity contribution in [2.75, 3.05) is 0 Å². The quantitative estimate of drug-likeness (QED) is 0.480. The summed E-state index contributed by atoms with van der Waals surface area (Å²) in [6, 6.07) is 0. The molecule has 0 aliphatic carbocycles. The smallest absolute Gasteiger partial charge is 0.400 e. The van der Waals surface area contributed by atoms with E-state index in [1.807, 2.05) is 0 Å². The van der Waals surface area contributed by atoms with Crippen LogP contribution < -0.4 is 0 Å². The van der Waals surface area contributed by atoms with Crippen LogP contribution in [0.5, 0.6) is 0 Å². The molecule has 0 spiro atoms. The molecule has 110 valence electrons. The lowest BCUT2D eigenvalue weighted by Crippen LogP contribution is -2.41. The van der Waals surface area contributed by atoms with Crippen LogP contribution in [-0.2, 0) is 9.31 Å². The van der Waals surface area contributed by atoms with Crippen LogP contribution in [0.2, 0.25) is 0 Å². The maximum atomic E-state index is 6.16. The van der Waals surface area contributed by atoms with Crippen molar-refractivity contribution in [1.29, 1.82) is 0 Å². The van der Waals surface area contributed by atoms with Crippen LogP contribution >= 0.6 is 0 Å². The average Bonchev–Trinajstić information content (AvgIpc) is 2.53. The summed E-state index contributed by atoms with van der Waals surface area (Å²) in [7, 11) is -0.145. The summed E-state index contributed by atoms with van der Waals surface area (Å²) in [4.78, 5) is 0. The van der Waals surface area contributed by atoms with Crippen LogP contribution in [0.25, 0.3) is 0 Å². The topological polar surface area (TPSA) is 18.5 Å². The minimum absolute atomic E-state index is 0.145. The molecule has 0 atom stereocenters. The number of unbranched alkanes of at least 4 members (excludes halogenated alkanes) is 3. The minimum Gasteiger partial charge on any atom is -0.400 e. The highest BCUT2D eigenvalue weighted by Crippen LogP contribution is 2.39. The molecule has 1 saturated heterocycles. The van der Waals surface area contributed by atoms with Crippen molar-refractivity contribution in [3.63, 3.8) is 0 Å². The van der Waals surface area contributed by atoms with Crippen LogP contribution in [0.4, 0.5) is 0 Å². The van der Waals surface area contributed by atoms with Crippen LogP contribution in [-0.4, -0.2) is 18.3 Å². The molecule has 0 radical (unpaired) electrons. The largest absolute Gasteiger partial charge is 0.490 e. The van der Waals surface area contributed by atoms with Gasteiger partial charge in [-0.25, -0.2) is 0 Å². The standard InChI is InChI=1S/C16H31BO2/c1-7-9-11-13-14(12-10-8-2)17-18-15(3,4)16(5,6)19-17/h13H,7-12H2,1-6H3/b14-13+. The van der Waals surface area contributed by atoms with E-state index < -0.39 is 0 Å². The molecule has 0 aromatic carbocycles. The van der Waals surface area contributed by atoms with E-state index >= 15 is 0 Å². The van der Waals surface area contributed by atoms with Gasteiger partial charge in [-0.3, -0.25) is 0 Å². The van der Waals surface area contributed by atoms with Gasteiger partial charge in [0.25, 0.3) is 0 Å². The van der Waals surface area contributed by atoms with Gasteiger partial charge in [-0.15, -0.1) is 0 Å². The van der Waals surface area contributed by atoms with E-state index in [2.05, 4.69) is 47.6 Å². The predicted octanol–water partition coefficient (Wildman–Crippen LogP) is 4.92. The van der Waals surface area contributed by atoms with Gasteiger partial charge in [0.05, 0.1) is 11.2 Å². The first-order valence-electron chi connectivity index (χ1n) is 7.88. The molecule has 0 amide bonds. The number of hydrogen-bond donors (Lipinski definition) is 0. The molecular weight excluding hydrogens is 235 g/mol. The summed E-state index contributed by atoms with van der Waals surface area (Å²) < 4.78 is 12.3. The van der Waals surface area contributed by atoms with Crippen molar-refractivity contribution in [2.24, 2.45) is 0 Å². The molecule has 0 aromatic rings. The highest BCUT2D eigenvalue weighted by molar-refractivity contribution is 6.54. The van der Waals surface area contributed by atoms with E-state index in [9.17, 15) is 0 Å². The van der Waals surface area contributed by atoms with Gasteiger partial charge in [-0.05, 0) is 46.0 Å². The molecule has 0 saturated carbocycles. The number of rotatable bonds is 7. The Morgan fingerprint density at radius 1 is 0.947 bits per heavy atom. The van der Waals surface area contributed by atoms with Gasteiger partial charge in [0, 0.05) is 0 Å². The van der Waals surface area contributed by atoms with Crippen LogP contribution in [0.15, 0.2) is 11.5 Å². The van der Waals surface area contributed by atoms with E-state index in [4.69, 9.17) is 9.31 Å². The third kappa shape index (κ3) is 4.35. The fraction of sp³-hybridized carbons (Fsp3) is 0.875. The lowest BCUT2D eigenvalue weighted by molar-refractivity contribution is 0.00578. The Morgan fingerprint density at radius 2 is 1.47 bits per heavy atom. The Labute approximate surface area is 120 Å². The molecule has 0 N–H and O–H groups in total. The van der Waals surface area contributed by atoms with Crippen LogP contribution in [0.1, 0.15) is 80.1 Å². The van der Waals surface area contributed by atoms with E-state index in [1.54, 1.807) is 0 Å². The molecule has 1 aliphatic heterocycles. The Kier molecular flexibility index (Phi) is 6.13. The molecule has 1 aliphatic rings. The zero-order valence-electron chi connectivity index (χ0n) is 13.7. The molecule has 19 heavy (non-hydrogen) atoms. The van der Waals surface area contributed by atoms with Gasteiger partial charge in [0.15, 0.2) is 0 Å². The summed E-state index contributed by atoms with van der Waals surface area (Å²) in [5, 5.41) is 0. The van der Waals surface area contributed by atoms with Gasteiger partial charge in [0.2, 0.25) is 0 Å². The molecule has 1 rings (SSSR count). The summed E-state index contributed by atoms with van der Waals surface area (Å²) >= 11 is 0. The minimum atomic E-state index is -0.228. The van der Waals surface area contributed by atoms with Gasteiger partial charge >= 0.3 is 7.12 Å². The third-order valence-corrected chi connectivity index (χ3v) is 4.34. The highest BCUT2D eigenvalue weighted by Gasteiger charge is 2.51. The number of allylic oxidation sites excluding steroid dienone is 2. The summed E-state index contributed by atoms with van der Waals surface area (Å²) in [5.41, 5.74) is 0.885. The lowest BCUT2D eigenvalue weighted by Gasteiger charge is -2.32. The Balaban J connectivity index is 2.74. The first-order valence-corrected chi connectivity index (χ1v) is 7.88. The van der Waals surface area contributed by atoms with Crippen molar-refractivity contribution in [3.05, 3.63) is 11.5 Å².